The Hall–Kier alpha value is -1.32. The molecule has 2 heterocycles. The molecule has 0 bridgehead atoms. The second-order valence-electron chi connectivity index (χ2n) is 5.39. The van der Waals surface area contributed by atoms with E-state index in [-0.39, 0.29) is 0 Å². The number of para-hydroxylation sites is 2. The average Bonchev–Trinajstić information content (AvgIpc) is 3.02. The van der Waals surface area contributed by atoms with Crippen molar-refractivity contribution in [2.75, 3.05) is 5.88 Å². The largest absolute Gasteiger partial charge is 0.325 e. The molecule has 0 fully saturated rings. The molecule has 0 saturated heterocycles. The molecule has 0 saturated carbocycles. The van der Waals surface area contributed by atoms with Gasteiger partial charge in [-0.3, -0.25) is 0 Å². The highest BCUT2D eigenvalue weighted by molar-refractivity contribution is 7.11. The van der Waals surface area contributed by atoms with Crippen molar-refractivity contribution < 1.29 is 0 Å². The van der Waals surface area contributed by atoms with Crippen molar-refractivity contribution in [1.82, 2.24) is 9.55 Å². The van der Waals surface area contributed by atoms with Gasteiger partial charge in [-0.25, -0.2) is 4.98 Å². The van der Waals surface area contributed by atoms with Crippen molar-refractivity contribution >= 4 is 34.0 Å². The number of rotatable bonds is 5. The van der Waals surface area contributed by atoms with Crippen LogP contribution in [0.5, 0.6) is 0 Å². The first kappa shape index (κ1) is 14.6. The first-order chi connectivity index (χ1) is 10.2. The fourth-order valence-corrected chi connectivity index (χ4v) is 4.00. The lowest BCUT2D eigenvalue weighted by Crippen LogP contribution is -2.12. The van der Waals surface area contributed by atoms with Gasteiger partial charge in [-0.15, -0.1) is 22.9 Å². The maximum absolute atomic E-state index is 5.95. The minimum absolute atomic E-state index is 0.383. The highest BCUT2D eigenvalue weighted by atomic mass is 35.5. The summed E-state index contributed by atoms with van der Waals surface area (Å²) in [5, 5.41) is 0. The van der Waals surface area contributed by atoms with Crippen molar-refractivity contribution in [3.8, 4) is 0 Å². The van der Waals surface area contributed by atoms with Crippen LogP contribution in [0.25, 0.3) is 11.0 Å². The molecule has 0 N–H and O–H groups in total. The quantitative estimate of drug-likeness (QED) is 0.606. The lowest BCUT2D eigenvalue weighted by Gasteiger charge is -2.17. The van der Waals surface area contributed by atoms with Crippen molar-refractivity contribution in [3.05, 3.63) is 52.0 Å². The molecule has 2 nitrogen and oxygen atoms in total. The van der Waals surface area contributed by atoms with Crippen LogP contribution in [0.4, 0.5) is 0 Å². The normalized spacial score (nSPS) is 12.9. The number of hydrogen-bond acceptors (Lipinski definition) is 2. The molecular weight excluding hydrogens is 300 g/mol. The Labute approximate surface area is 134 Å². The number of aromatic nitrogens is 2. The summed E-state index contributed by atoms with van der Waals surface area (Å²) in [4.78, 5) is 7.55. The molecule has 1 atom stereocenters. The molecule has 110 valence electrons. The van der Waals surface area contributed by atoms with Crippen LogP contribution in [0, 0.1) is 6.92 Å². The predicted octanol–water partition coefficient (Wildman–Crippen LogP) is 4.99. The van der Waals surface area contributed by atoms with Crippen molar-refractivity contribution in [1.29, 1.82) is 0 Å². The summed E-state index contributed by atoms with van der Waals surface area (Å²) in [6.07, 6.45) is 1.85. The van der Waals surface area contributed by atoms with Crippen LogP contribution in [0.3, 0.4) is 0 Å². The molecule has 3 aromatic rings. The molecular formula is C17H19ClN2S. The number of imidazole rings is 1. The van der Waals surface area contributed by atoms with Crippen molar-refractivity contribution in [2.24, 2.45) is 0 Å². The SMILES string of the molecule is Cc1ccc(CC(C)n2c(CCCl)nc3ccccc32)s1. The topological polar surface area (TPSA) is 17.8 Å². The van der Waals surface area contributed by atoms with E-state index >= 15 is 0 Å². The van der Waals surface area contributed by atoms with E-state index in [1.54, 1.807) is 0 Å². The maximum atomic E-state index is 5.95. The number of aryl methyl sites for hydroxylation is 2. The smallest absolute Gasteiger partial charge is 0.111 e. The van der Waals surface area contributed by atoms with E-state index in [9.17, 15) is 0 Å². The van der Waals surface area contributed by atoms with Crippen molar-refractivity contribution in [2.45, 2.75) is 32.7 Å². The summed E-state index contributed by atoms with van der Waals surface area (Å²) in [5.74, 6) is 1.70. The van der Waals surface area contributed by atoms with E-state index in [1.165, 1.54) is 15.3 Å². The summed E-state index contributed by atoms with van der Waals surface area (Å²) >= 11 is 7.83. The van der Waals surface area contributed by atoms with Gasteiger partial charge in [0.05, 0.1) is 11.0 Å². The third kappa shape index (κ3) is 2.99. The number of nitrogens with zero attached hydrogens (tertiary/aromatic N) is 2. The fourth-order valence-electron chi connectivity index (χ4n) is 2.82. The Balaban J connectivity index is 1.98. The summed E-state index contributed by atoms with van der Waals surface area (Å²) in [7, 11) is 0. The minimum atomic E-state index is 0.383. The van der Waals surface area contributed by atoms with Gasteiger partial charge in [0.2, 0.25) is 0 Å². The van der Waals surface area contributed by atoms with Gasteiger partial charge in [-0.1, -0.05) is 12.1 Å². The van der Waals surface area contributed by atoms with Crippen LogP contribution in [0.2, 0.25) is 0 Å². The van der Waals surface area contributed by atoms with E-state index in [4.69, 9.17) is 16.6 Å². The van der Waals surface area contributed by atoms with E-state index in [1.807, 2.05) is 17.4 Å². The zero-order valence-corrected chi connectivity index (χ0v) is 13.9. The zero-order valence-electron chi connectivity index (χ0n) is 12.3. The average molecular weight is 319 g/mol. The molecule has 3 rings (SSSR count). The summed E-state index contributed by atoms with van der Waals surface area (Å²) in [6.45, 7) is 4.42. The number of halogens is 1. The van der Waals surface area contributed by atoms with Crippen molar-refractivity contribution in [3.63, 3.8) is 0 Å². The second kappa shape index (κ2) is 6.20. The Kier molecular flexibility index (Phi) is 4.32. The molecule has 0 aliphatic heterocycles. The molecule has 4 heteroatoms. The van der Waals surface area contributed by atoms with E-state index < -0.39 is 0 Å². The molecule has 0 aliphatic rings. The molecule has 0 aliphatic carbocycles. The number of alkyl halides is 1. The third-order valence-corrected chi connectivity index (χ3v) is 4.93. The first-order valence-corrected chi connectivity index (χ1v) is 8.61. The van der Waals surface area contributed by atoms with Crippen LogP contribution in [-0.4, -0.2) is 15.4 Å². The number of benzene rings is 1. The van der Waals surface area contributed by atoms with Crippen LogP contribution >= 0.6 is 22.9 Å². The molecule has 21 heavy (non-hydrogen) atoms. The third-order valence-electron chi connectivity index (χ3n) is 3.72. The monoisotopic (exact) mass is 318 g/mol. The Morgan fingerprint density at radius 3 is 2.76 bits per heavy atom. The standard InChI is InChI=1S/C17H19ClN2S/c1-12(11-14-8-7-13(2)21-14)20-16-6-4-3-5-15(16)19-17(20)9-10-18/h3-8,12H,9-11H2,1-2H3. The van der Waals surface area contributed by atoms with Gasteiger partial charge in [-0.05, 0) is 38.1 Å². The van der Waals surface area contributed by atoms with Gasteiger partial charge >= 0.3 is 0 Å². The second-order valence-corrected chi connectivity index (χ2v) is 7.14. The Morgan fingerprint density at radius 2 is 2.05 bits per heavy atom. The minimum Gasteiger partial charge on any atom is -0.325 e. The lowest BCUT2D eigenvalue weighted by molar-refractivity contribution is 0.541. The van der Waals surface area contributed by atoms with E-state index in [0.29, 0.717) is 11.9 Å². The van der Waals surface area contributed by atoms with Gasteiger partial charge in [-0.2, -0.15) is 0 Å². The summed E-state index contributed by atoms with van der Waals surface area (Å²) in [5.41, 5.74) is 2.27. The summed E-state index contributed by atoms with van der Waals surface area (Å²) < 4.78 is 2.35. The van der Waals surface area contributed by atoms with Crippen LogP contribution in [-0.2, 0) is 12.8 Å². The molecule has 0 radical (unpaired) electrons. The number of thiophene rings is 1. The first-order valence-electron chi connectivity index (χ1n) is 7.26. The predicted molar refractivity (Wildman–Crippen MR) is 91.6 cm³/mol. The van der Waals surface area contributed by atoms with Gasteiger partial charge in [0.25, 0.3) is 0 Å². The van der Waals surface area contributed by atoms with Gasteiger partial charge in [0.15, 0.2) is 0 Å². The molecule has 0 amide bonds. The van der Waals surface area contributed by atoms with Crippen LogP contribution in [0.1, 0.15) is 28.5 Å². The Morgan fingerprint density at radius 1 is 1.24 bits per heavy atom. The lowest BCUT2D eigenvalue weighted by atomic mass is 10.2. The fraction of sp³-hybridized carbons (Fsp3) is 0.353. The van der Waals surface area contributed by atoms with Crippen LogP contribution in [0.15, 0.2) is 36.4 Å². The number of hydrogen-bond donors (Lipinski definition) is 0. The van der Waals surface area contributed by atoms with E-state index in [0.717, 1.165) is 24.2 Å². The van der Waals surface area contributed by atoms with Crippen LogP contribution < -0.4 is 0 Å². The molecule has 2 aromatic heterocycles. The molecule has 1 unspecified atom stereocenters. The molecule has 0 spiro atoms. The molecule has 1 aromatic carbocycles. The Bertz CT molecular complexity index is 744. The highest BCUT2D eigenvalue weighted by Gasteiger charge is 2.16. The van der Waals surface area contributed by atoms with E-state index in [2.05, 4.69) is 48.7 Å². The highest BCUT2D eigenvalue weighted by Crippen LogP contribution is 2.26. The van der Waals surface area contributed by atoms with Gasteiger partial charge in [0, 0.05) is 34.5 Å². The maximum Gasteiger partial charge on any atom is 0.111 e. The zero-order chi connectivity index (χ0) is 14.8. The van der Waals surface area contributed by atoms with Gasteiger partial charge in [0.1, 0.15) is 5.82 Å². The summed E-state index contributed by atoms with van der Waals surface area (Å²) in [6, 6.07) is 13.1. The van der Waals surface area contributed by atoms with Gasteiger partial charge < -0.3 is 4.57 Å². The number of fused-ring (bicyclic) bond motifs is 1.